The number of thiocarbonyl (C=S) groups is 1. The summed E-state index contributed by atoms with van der Waals surface area (Å²) in [5.74, 6) is -0.681. The van der Waals surface area contributed by atoms with E-state index in [-0.39, 0.29) is 21.6 Å². The van der Waals surface area contributed by atoms with Crippen LogP contribution in [0.5, 0.6) is 0 Å². The number of anilines is 2. The van der Waals surface area contributed by atoms with E-state index in [2.05, 4.69) is 16.0 Å². The molecule has 3 N–H and O–H groups in total. The molecular formula is C21H15Cl2N3O2S. The number of benzene rings is 3. The normalized spacial score (nSPS) is 10.1. The first-order valence-electron chi connectivity index (χ1n) is 8.46. The zero-order valence-corrected chi connectivity index (χ0v) is 17.2. The number of hydrogen-bond acceptors (Lipinski definition) is 3. The summed E-state index contributed by atoms with van der Waals surface area (Å²) < 4.78 is 0. The summed E-state index contributed by atoms with van der Waals surface area (Å²) >= 11 is 17.0. The standard InChI is InChI=1S/C21H15Cl2N3O2S/c22-14-8-11-17(18(23)12-14)20(28)26-21(29)25-16-9-6-13(7-10-16)19(27)24-15-4-2-1-3-5-15/h1-12H,(H,24,27)(H2,25,26,28,29). The van der Waals surface area contributed by atoms with E-state index in [0.717, 1.165) is 0 Å². The van der Waals surface area contributed by atoms with Crippen LogP contribution in [0, 0.1) is 0 Å². The van der Waals surface area contributed by atoms with Gasteiger partial charge in [0.2, 0.25) is 0 Å². The molecule has 0 saturated heterocycles. The number of carbonyl (C=O) groups excluding carboxylic acids is 2. The van der Waals surface area contributed by atoms with Gasteiger partial charge in [-0.1, -0.05) is 41.4 Å². The van der Waals surface area contributed by atoms with Crippen LogP contribution in [-0.4, -0.2) is 16.9 Å². The molecule has 3 aromatic carbocycles. The fourth-order valence-electron chi connectivity index (χ4n) is 2.44. The van der Waals surface area contributed by atoms with Crippen LogP contribution in [0.4, 0.5) is 11.4 Å². The number of nitrogens with one attached hydrogen (secondary N) is 3. The third-order valence-electron chi connectivity index (χ3n) is 3.84. The van der Waals surface area contributed by atoms with Gasteiger partial charge < -0.3 is 10.6 Å². The predicted octanol–water partition coefficient (Wildman–Crippen LogP) is 5.37. The molecule has 0 fully saturated rings. The molecule has 0 atom stereocenters. The van der Waals surface area contributed by atoms with Crippen molar-refractivity contribution in [2.24, 2.45) is 0 Å². The van der Waals surface area contributed by atoms with Crippen molar-refractivity contribution in [3.8, 4) is 0 Å². The van der Waals surface area contributed by atoms with Gasteiger partial charge in [0.25, 0.3) is 11.8 Å². The quantitative estimate of drug-likeness (QED) is 0.473. The molecule has 3 rings (SSSR count). The third kappa shape index (κ3) is 5.77. The van der Waals surface area contributed by atoms with E-state index in [1.165, 1.54) is 12.1 Å². The van der Waals surface area contributed by atoms with Crippen LogP contribution >= 0.6 is 35.4 Å². The molecule has 3 aromatic rings. The maximum absolute atomic E-state index is 12.3. The largest absolute Gasteiger partial charge is 0.332 e. The second-order valence-corrected chi connectivity index (χ2v) is 7.18. The maximum Gasteiger partial charge on any atom is 0.258 e. The predicted molar refractivity (Wildman–Crippen MR) is 121 cm³/mol. The molecule has 0 spiro atoms. The Morgan fingerprint density at radius 1 is 0.759 bits per heavy atom. The molecule has 0 radical (unpaired) electrons. The highest BCUT2D eigenvalue weighted by atomic mass is 35.5. The smallest absolute Gasteiger partial charge is 0.258 e. The monoisotopic (exact) mass is 443 g/mol. The van der Waals surface area contributed by atoms with Crippen molar-refractivity contribution in [1.82, 2.24) is 5.32 Å². The topological polar surface area (TPSA) is 70.2 Å². The number of carbonyl (C=O) groups is 2. The number of amides is 2. The van der Waals surface area contributed by atoms with Gasteiger partial charge in [-0.2, -0.15) is 0 Å². The molecule has 0 aromatic heterocycles. The lowest BCUT2D eigenvalue weighted by atomic mass is 10.2. The Morgan fingerprint density at radius 3 is 2.07 bits per heavy atom. The summed E-state index contributed by atoms with van der Waals surface area (Å²) in [6.45, 7) is 0. The zero-order chi connectivity index (χ0) is 20.8. The minimum Gasteiger partial charge on any atom is -0.332 e. The van der Waals surface area contributed by atoms with Gasteiger partial charge in [-0.25, -0.2) is 0 Å². The fraction of sp³-hybridized carbons (Fsp3) is 0. The Morgan fingerprint density at radius 2 is 1.41 bits per heavy atom. The Kier molecular flexibility index (Phi) is 6.82. The van der Waals surface area contributed by atoms with E-state index in [4.69, 9.17) is 35.4 Å². The Balaban J connectivity index is 1.58. The number of para-hydroxylation sites is 1. The Hall–Kier alpha value is -2.93. The summed E-state index contributed by atoms with van der Waals surface area (Å²) in [6.07, 6.45) is 0. The van der Waals surface area contributed by atoms with E-state index in [9.17, 15) is 9.59 Å². The lowest BCUT2D eigenvalue weighted by Crippen LogP contribution is -2.34. The molecule has 0 saturated carbocycles. The van der Waals surface area contributed by atoms with E-state index in [0.29, 0.717) is 22.0 Å². The molecular weight excluding hydrogens is 429 g/mol. The van der Waals surface area contributed by atoms with Crippen LogP contribution in [0.3, 0.4) is 0 Å². The van der Waals surface area contributed by atoms with Gasteiger partial charge in [-0.3, -0.25) is 14.9 Å². The first-order chi connectivity index (χ1) is 13.9. The average molecular weight is 444 g/mol. The SMILES string of the molecule is O=C(Nc1ccccc1)c1ccc(NC(=S)NC(=O)c2ccc(Cl)cc2Cl)cc1. The van der Waals surface area contributed by atoms with Crippen molar-refractivity contribution in [3.63, 3.8) is 0 Å². The van der Waals surface area contributed by atoms with Gasteiger partial charge >= 0.3 is 0 Å². The van der Waals surface area contributed by atoms with Crippen molar-refractivity contribution in [2.75, 3.05) is 10.6 Å². The molecule has 0 aliphatic rings. The van der Waals surface area contributed by atoms with Crippen molar-refractivity contribution in [2.45, 2.75) is 0 Å². The molecule has 2 amide bonds. The van der Waals surface area contributed by atoms with Crippen LogP contribution in [-0.2, 0) is 0 Å². The molecule has 0 bridgehead atoms. The lowest BCUT2D eigenvalue weighted by molar-refractivity contribution is 0.0976. The fourth-order valence-corrected chi connectivity index (χ4v) is 3.14. The minimum atomic E-state index is -0.456. The molecule has 0 unspecified atom stereocenters. The molecule has 0 aliphatic carbocycles. The van der Waals surface area contributed by atoms with Gasteiger partial charge in [-0.15, -0.1) is 0 Å². The maximum atomic E-state index is 12.3. The summed E-state index contributed by atoms with van der Waals surface area (Å²) in [6, 6.07) is 20.4. The molecule has 8 heteroatoms. The van der Waals surface area contributed by atoms with Crippen LogP contribution < -0.4 is 16.0 Å². The molecule has 0 heterocycles. The van der Waals surface area contributed by atoms with Crippen molar-refractivity contribution in [1.29, 1.82) is 0 Å². The van der Waals surface area contributed by atoms with Crippen LogP contribution in [0.1, 0.15) is 20.7 Å². The summed E-state index contributed by atoms with van der Waals surface area (Å²) in [5.41, 5.74) is 2.08. The number of hydrogen-bond donors (Lipinski definition) is 3. The highest BCUT2D eigenvalue weighted by molar-refractivity contribution is 7.80. The Bertz CT molecular complexity index is 1060. The first kappa shape index (κ1) is 20.8. The second kappa shape index (κ2) is 9.52. The first-order valence-corrected chi connectivity index (χ1v) is 9.62. The van der Waals surface area contributed by atoms with Gasteiger partial charge in [0.1, 0.15) is 0 Å². The second-order valence-electron chi connectivity index (χ2n) is 5.93. The van der Waals surface area contributed by atoms with Crippen molar-refractivity contribution in [3.05, 3.63) is 94.0 Å². The minimum absolute atomic E-state index is 0.0995. The average Bonchev–Trinajstić information content (AvgIpc) is 2.69. The van der Waals surface area contributed by atoms with Gasteiger partial charge in [-0.05, 0) is 66.8 Å². The van der Waals surface area contributed by atoms with Crippen LogP contribution in [0.2, 0.25) is 10.0 Å². The molecule has 0 aliphatic heterocycles. The van der Waals surface area contributed by atoms with E-state index >= 15 is 0 Å². The van der Waals surface area contributed by atoms with Crippen molar-refractivity contribution >= 4 is 63.7 Å². The van der Waals surface area contributed by atoms with E-state index in [1.54, 1.807) is 30.3 Å². The Labute approximate surface area is 183 Å². The van der Waals surface area contributed by atoms with Crippen LogP contribution in [0.15, 0.2) is 72.8 Å². The van der Waals surface area contributed by atoms with Gasteiger partial charge in [0.05, 0.1) is 10.6 Å². The zero-order valence-electron chi connectivity index (χ0n) is 14.9. The van der Waals surface area contributed by atoms with Gasteiger partial charge in [0.15, 0.2) is 5.11 Å². The number of halogens is 2. The van der Waals surface area contributed by atoms with Crippen molar-refractivity contribution < 1.29 is 9.59 Å². The van der Waals surface area contributed by atoms with Crippen LogP contribution in [0.25, 0.3) is 0 Å². The lowest BCUT2D eigenvalue weighted by Gasteiger charge is -2.11. The number of rotatable bonds is 4. The van der Waals surface area contributed by atoms with Gasteiger partial charge in [0, 0.05) is 22.0 Å². The highest BCUT2D eigenvalue weighted by Gasteiger charge is 2.12. The third-order valence-corrected chi connectivity index (χ3v) is 4.59. The molecule has 5 nitrogen and oxygen atoms in total. The van der Waals surface area contributed by atoms with E-state index in [1.807, 2.05) is 30.3 Å². The summed E-state index contributed by atoms with van der Waals surface area (Å²) in [7, 11) is 0. The summed E-state index contributed by atoms with van der Waals surface area (Å²) in [5, 5.41) is 9.01. The highest BCUT2D eigenvalue weighted by Crippen LogP contribution is 2.21. The molecule has 146 valence electrons. The summed E-state index contributed by atoms with van der Waals surface area (Å²) in [4.78, 5) is 24.5. The van der Waals surface area contributed by atoms with E-state index < -0.39 is 5.91 Å². The molecule has 29 heavy (non-hydrogen) atoms.